The summed E-state index contributed by atoms with van der Waals surface area (Å²) < 4.78 is 11.3. The zero-order valence-corrected chi connectivity index (χ0v) is 15.5. The van der Waals surface area contributed by atoms with Gasteiger partial charge in [-0.15, -0.1) is 0 Å². The van der Waals surface area contributed by atoms with Crippen LogP contribution in [0.25, 0.3) is 11.3 Å². The number of carbonyl (C=O) groups is 1. The molecule has 128 valence electrons. The summed E-state index contributed by atoms with van der Waals surface area (Å²) in [6, 6.07) is 15.1. The van der Waals surface area contributed by atoms with E-state index in [0.29, 0.717) is 23.6 Å². The minimum Gasteiger partial charge on any atom is -0.497 e. The Morgan fingerprint density at radius 2 is 1.84 bits per heavy atom. The minimum absolute atomic E-state index is 0.215. The van der Waals surface area contributed by atoms with Crippen molar-refractivity contribution in [2.75, 3.05) is 7.11 Å². The summed E-state index contributed by atoms with van der Waals surface area (Å²) in [6.07, 6.45) is 0. The third-order valence-electron chi connectivity index (χ3n) is 3.82. The van der Waals surface area contributed by atoms with Crippen molar-refractivity contribution in [1.82, 2.24) is 10.5 Å². The van der Waals surface area contributed by atoms with Crippen LogP contribution < -0.4 is 10.1 Å². The minimum atomic E-state index is -0.215. The molecule has 0 spiro atoms. The van der Waals surface area contributed by atoms with Crippen LogP contribution >= 0.6 is 15.9 Å². The number of nitrogens with zero attached hydrogens (tertiary/aromatic N) is 1. The maximum Gasteiger partial charge on any atom is 0.257 e. The number of hydrogen-bond acceptors (Lipinski definition) is 4. The van der Waals surface area contributed by atoms with E-state index in [1.54, 1.807) is 14.0 Å². The van der Waals surface area contributed by atoms with Crippen LogP contribution in [0.4, 0.5) is 0 Å². The second-order valence-corrected chi connectivity index (χ2v) is 6.42. The molecule has 0 saturated heterocycles. The van der Waals surface area contributed by atoms with Gasteiger partial charge in [-0.3, -0.25) is 4.79 Å². The third-order valence-corrected chi connectivity index (χ3v) is 4.35. The Kier molecular flexibility index (Phi) is 5.19. The Labute approximate surface area is 154 Å². The number of aromatic nitrogens is 1. The van der Waals surface area contributed by atoms with Crippen LogP contribution in [-0.2, 0) is 6.54 Å². The summed E-state index contributed by atoms with van der Waals surface area (Å²) in [5, 5.41) is 6.96. The van der Waals surface area contributed by atoms with E-state index in [9.17, 15) is 4.79 Å². The molecule has 25 heavy (non-hydrogen) atoms. The highest BCUT2D eigenvalue weighted by molar-refractivity contribution is 9.10. The second kappa shape index (κ2) is 7.53. The fourth-order valence-corrected chi connectivity index (χ4v) is 2.72. The number of ether oxygens (including phenoxy) is 1. The van der Waals surface area contributed by atoms with Crippen LogP contribution in [0.5, 0.6) is 5.75 Å². The normalized spacial score (nSPS) is 10.5. The van der Waals surface area contributed by atoms with Crippen molar-refractivity contribution in [3.63, 3.8) is 0 Å². The predicted molar refractivity (Wildman–Crippen MR) is 98.5 cm³/mol. The highest BCUT2D eigenvalue weighted by Gasteiger charge is 2.21. The molecule has 3 rings (SSSR count). The van der Waals surface area contributed by atoms with Crippen LogP contribution in [0.2, 0.25) is 0 Å². The van der Waals surface area contributed by atoms with Crippen LogP contribution in [0.15, 0.2) is 57.5 Å². The summed E-state index contributed by atoms with van der Waals surface area (Å²) in [4.78, 5) is 12.6. The van der Waals surface area contributed by atoms with Crippen molar-refractivity contribution in [2.45, 2.75) is 13.5 Å². The highest BCUT2D eigenvalue weighted by Crippen LogP contribution is 2.26. The number of amides is 1. The Morgan fingerprint density at radius 1 is 1.16 bits per heavy atom. The average molecular weight is 401 g/mol. The summed E-state index contributed by atoms with van der Waals surface area (Å²) in [5.74, 6) is 1.06. The fraction of sp³-hybridized carbons (Fsp3) is 0.158. The van der Waals surface area contributed by atoms with Gasteiger partial charge < -0.3 is 14.6 Å². The third kappa shape index (κ3) is 3.91. The van der Waals surface area contributed by atoms with E-state index in [1.807, 2.05) is 48.5 Å². The molecule has 0 radical (unpaired) electrons. The van der Waals surface area contributed by atoms with Gasteiger partial charge in [-0.1, -0.05) is 45.4 Å². The second-order valence-electron chi connectivity index (χ2n) is 5.50. The molecule has 0 atom stereocenters. The number of rotatable bonds is 5. The van der Waals surface area contributed by atoms with Crippen molar-refractivity contribution < 1.29 is 14.1 Å². The molecule has 0 aliphatic heterocycles. The highest BCUT2D eigenvalue weighted by atomic mass is 79.9. The molecule has 0 aliphatic rings. The van der Waals surface area contributed by atoms with Gasteiger partial charge in [0, 0.05) is 16.6 Å². The van der Waals surface area contributed by atoms with E-state index in [-0.39, 0.29) is 5.91 Å². The predicted octanol–water partition coefficient (Wildman–Crippen LogP) is 4.35. The van der Waals surface area contributed by atoms with Crippen molar-refractivity contribution in [3.8, 4) is 17.0 Å². The molecule has 2 aromatic carbocycles. The molecule has 0 aliphatic carbocycles. The fourth-order valence-electron chi connectivity index (χ4n) is 2.46. The lowest BCUT2D eigenvalue weighted by Crippen LogP contribution is -2.23. The maximum atomic E-state index is 12.6. The van der Waals surface area contributed by atoms with Gasteiger partial charge in [-0.25, -0.2) is 0 Å². The van der Waals surface area contributed by atoms with Gasteiger partial charge in [0.15, 0.2) is 0 Å². The Balaban J connectivity index is 1.77. The molecule has 0 saturated carbocycles. The van der Waals surface area contributed by atoms with Crippen LogP contribution in [0, 0.1) is 6.92 Å². The molecule has 1 amide bonds. The first-order chi connectivity index (χ1) is 12.1. The number of benzene rings is 2. The molecule has 6 heteroatoms. The van der Waals surface area contributed by atoms with Gasteiger partial charge in [-0.2, -0.15) is 0 Å². The van der Waals surface area contributed by atoms with Crippen LogP contribution in [0.1, 0.15) is 21.7 Å². The number of aryl methyl sites for hydroxylation is 1. The Morgan fingerprint density at radius 3 is 2.48 bits per heavy atom. The molecule has 1 heterocycles. The van der Waals surface area contributed by atoms with E-state index < -0.39 is 0 Å². The zero-order valence-electron chi connectivity index (χ0n) is 13.9. The number of hydrogen-bond donors (Lipinski definition) is 1. The molecular formula is C19H17BrN2O3. The SMILES string of the molecule is COc1ccc(CNC(=O)c2c(-c3ccc(Br)cc3)noc2C)cc1. The molecule has 0 fully saturated rings. The lowest BCUT2D eigenvalue weighted by molar-refractivity contribution is 0.0950. The van der Waals surface area contributed by atoms with E-state index in [4.69, 9.17) is 9.26 Å². The number of halogens is 1. The van der Waals surface area contributed by atoms with E-state index >= 15 is 0 Å². The monoisotopic (exact) mass is 400 g/mol. The molecule has 5 nitrogen and oxygen atoms in total. The van der Waals surface area contributed by atoms with Gasteiger partial charge in [0.1, 0.15) is 22.8 Å². The van der Waals surface area contributed by atoms with E-state index in [1.165, 1.54) is 0 Å². The summed E-state index contributed by atoms with van der Waals surface area (Å²) in [5.41, 5.74) is 2.80. The van der Waals surface area contributed by atoms with E-state index in [0.717, 1.165) is 21.3 Å². The number of methoxy groups -OCH3 is 1. The van der Waals surface area contributed by atoms with Crippen molar-refractivity contribution in [3.05, 3.63) is 69.9 Å². The van der Waals surface area contributed by atoms with Crippen LogP contribution in [0.3, 0.4) is 0 Å². The molecule has 1 N–H and O–H groups in total. The Hall–Kier alpha value is -2.60. The molecular weight excluding hydrogens is 384 g/mol. The van der Waals surface area contributed by atoms with Gasteiger partial charge in [0.05, 0.1) is 7.11 Å². The molecule has 1 aromatic heterocycles. The largest absolute Gasteiger partial charge is 0.497 e. The van der Waals surface area contributed by atoms with Crippen molar-refractivity contribution in [1.29, 1.82) is 0 Å². The zero-order chi connectivity index (χ0) is 17.8. The first kappa shape index (κ1) is 17.2. The first-order valence-electron chi connectivity index (χ1n) is 7.72. The summed E-state index contributed by atoms with van der Waals surface area (Å²) in [7, 11) is 1.62. The first-order valence-corrected chi connectivity index (χ1v) is 8.51. The summed E-state index contributed by atoms with van der Waals surface area (Å²) in [6.45, 7) is 2.14. The summed E-state index contributed by atoms with van der Waals surface area (Å²) >= 11 is 3.40. The molecule has 3 aromatic rings. The smallest absolute Gasteiger partial charge is 0.257 e. The lowest BCUT2D eigenvalue weighted by Gasteiger charge is -2.07. The number of nitrogens with one attached hydrogen (secondary N) is 1. The van der Waals surface area contributed by atoms with Gasteiger partial charge >= 0.3 is 0 Å². The van der Waals surface area contributed by atoms with Crippen molar-refractivity contribution in [2.24, 2.45) is 0 Å². The lowest BCUT2D eigenvalue weighted by atomic mass is 10.1. The molecule has 0 unspecified atom stereocenters. The topological polar surface area (TPSA) is 64.4 Å². The van der Waals surface area contributed by atoms with Gasteiger partial charge in [0.25, 0.3) is 5.91 Å². The quantitative estimate of drug-likeness (QED) is 0.691. The van der Waals surface area contributed by atoms with Crippen LogP contribution in [-0.4, -0.2) is 18.2 Å². The van der Waals surface area contributed by atoms with Crippen molar-refractivity contribution >= 4 is 21.8 Å². The van der Waals surface area contributed by atoms with Gasteiger partial charge in [-0.05, 0) is 36.8 Å². The van der Waals surface area contributed by atoms with Gasteiger partial charge in [0.2, 0.25) is 0 Å². The standard InChI is InChI=1S/C19H17BrN2O3/c1-12-17(18(22-25-12)14-5-7-15(20)8-6-14)19(23)21-11-13-3-9-16(24-2)10-4-13/h3-10H,11H2,1-2H3,(H,21,23). The average Bonchev–Trinajstić information content (AvgIpc) is 3.02. The Bertz CT molecular complexity index is 871. The van der Waals surface area contributed by atoms with E-state index in [2.05, 4.69) is 26.4 Å². The number of carbonyl (C=O) groups excluding carboxylic acids is 1. The maximum absolute atomic E-state index is 12.6. The molecule has 0 bridgehead atoms.